The van der Waals surface area contributed by atoms with E-state index in [1.165, 1.54) is 17.2 Å². The average molecular weight is 298 g/mol. The summed E-state index contributed by atoms with van der Waals surface area (Å²) in [5, 5.41) is 29.4. The summed E-state index contributed by atoms with van der Waals surface area (Å²) in [6.45, 7) is -0.433. The van der Waals surface area contributed by atoms with Crippen LogP contribution in [0.2, 0.25) is 0 Å². The lowest BCUT2D eigenvalue weighted by atomic mass is 10.1. The van der Waals surface area contributed by atoms with Gasteiger partial charge in [-0.05, 0) is 0 Å². The van der Waals surface area contributed by atoms with Crippen LogP contribution in [0.15, 0.2) is 23.3 Å². The maximum absolute atomic E-state index is 10.1. The number of aromatic nitrogens is 4. The molecule has 2 aromatic rings. The average Bonchev–Trinajstić information content (AvgIpc) is 2.92. The normalized spacial score (nSPS) is 26.7. The van der Waals surface area contributed by atoms with Crippen molar-refractivity contribution in [2.24, 2.45) is 0 Å². The number of fused-ring (bicyclic) bond motifs is 1. The van der Waals surface area contributed by atoms with Gasteiger partial charge in [-0.25, -0.2) is 15.0 Å². The molecule has 0 fully saturated rings. The van der Waals surface area contributed by atoms with Crippen LogP contribution in [0.3, 0.4) is 0 Å². The first-order valence-corrected chi connectivity index (χ1v) is 6.22. The van der Waals surface area contributed by atoms with Crippen LogP contribution in [0, 0.1) is 0 Å². The smallest absolute Gasteiger partial charge is 0.166 e. The van der Waals surface area contributed by atoms with Gasteiger partial charge in [-0.1, -0.05) is 11.6 Å². The highest BCUT2D eigenvalue weighted by Crippen LogP contribution is 2.39. The van der Waals surface area contributed by atoms with Gasteiger partial charge in [0.1, 0.15) is 30.1 Å². The molecule has 0 aromatic carbocycles. The maximum Gasteiger partial charge on any atom is 0.166 e. The van der Waals surface area contributed by atoms with E-state index in [1.807, 2.05) is 0 Å². The van der Waals surface area contributed by atoms with Gasteiger partial charge in [-0.3, -0.25) is 0 Å². The lowest BCUT2D eigenvalue weighted by Crippen LogP contribution is -2.30. The molecule has 2 aromatic heterocycles. The number of nitrogens with two attached hydrogens (primary N) is 1. The molecule has 8 nitrogen and oxygen atoms in total. The first kappa shape index (κ1) is 13.3. The molecular weight excluding hydrogens is 286 g/mol. The SMILES string of the molecule is Nc1ncnc2c1ncn2[C@@H]1C(Cl)=C(CO)[C@@H](O)[C@H]1O. The number of rotatable bonds is 2. The molecule has 2 heterocycles. The van der Waals surface area contributed by atoms with Crippen molar-refractivity contribution in [3.8, 4) is 0 Å². The second kappa shape index (κ2) is 4.67. The van der Waals surface area contributed by atoms with E-state index < -0.39 is 24.9 Å². The fourth-order valence-corrected chi connectivity index (χ4v) is 2.80. The van der Waals surface area contributed by atoms with E-state index >= 15 is 0 Å². The van der Waals surface area contributed by atoms with Crippen LogP contribution in [0.5, 0.6) is 0 Å². The van der Waals surface area contributed by atoms with Crippen molar-refractivity contribution in [3.63, 3.8) is 0 Å². The predicted octanol–water partition coefficient (Wildman–Crippen LogP) is -0.830. The zero-order valence-corrected chi connectivity index (χ0v) is 10.9. The fourth-order valence-electron chi connectivity index (χ4n) is 2.39. The van der Waals surface area contributed by atoms with Crippen molar-refractivity contribution in [3.05, 3.63) is 23.3 Å². The van der Waals surface area contributed by atoms with Crippen LogP contribution in [-0.4, -0.2) is 53.7 Å². The largest absolute Gasteiger partial charge is 0.392 e. The van der Waals surface area contributed by atoms with Crippen molar-refractivity contribution in [2.75, 3.05) is 12.3 Å². The Bertz CT molecular complexity index is 700. The monoisotopic (exact) mass is 297 g/mol. The Morgan fingerprint density at radius 2 is 2.05 bits per heavy atom. The first-order chi connectivity index (χ1) is 9.56. The van der Waals surface area contributed by atoms with Crippen molar-refractivity contribution >= 4 is 28.6 Å². The molecule has 1 aliphatic rings. The Kier molecular flexibility index (Phi) is 3.09. The third-order valence-corrected chi connectivity index (χ3v) is 3.89. The molecule has 9 heteroatoms. The van der Waals surface area contributed by atoms with E-state index in [0.717, 1.165) is 0 Å². The van der Waals surface area contributed by atoms with Crippen LogP contribution in [-0.2, 0) is 0 Å². The molecule has 5 N–H and O–H groups in total. The zero-order chi connectivity index (χ0) is 14.4. The van der Waals surface area contributed by atoms with Gasteiger partial charge in [0.2, 0.25) is 0 Å². The van der Waals surface area contributed by atoms with Crippen molar-refractivity contribution < 1.29 is 15.3 Å². The summed E-state index contributed by atoms with van der Waals surface area (Å²) in [7, 11) is 0. The number of hydrogen-bond acceptors (Lipinski definition) is 7. The molecular formula is C11H12ClN5O3. The molecule has 20 heavy (non-hydrogen) atoms. The van der Waals surface area contributed by atoms with E-state index in [9.17, 15) is 15.3 Å². The van der Waals surface area contributed by atoms with E-state index in [4.69, 9.17) is 17.3 Å². The summed E-state index contributed by atoms with van der Waals surface area (Å²) in [4.78, 5) is 12.0. The summed E-state index contributed by atoms with van der Waals surface area (Å²) in [5.41, 5.74) is 6.66. The number of halogens is 1. The fraction of sp³-hybridized carbons (Fsp3) is 0.364. The van der Waals surface area contributed by atoms with Crippen molar-refractivity contribution in [1.29, 1.82) is 0 Å². The molecule has 0 radical (unpaired) electrons. The van der Waals surface area contributed by atoms with Gasteiger partial charge in [0.05, 0.1) is 12.9 Å². The predicted molar refractivity (Wildman–Crippen MR) is 70.8 cm³/mol. The molecule has 106 valence electrons. The minimum absolute atomic E-state index is 0.170. The van der Waals surface area contributed by atoms with E-state index in [2.05, 4.69) is 15.0 Å². The van der Waals surface area contributed by atoms with Gasteiger partial charge in [-0.2, -0.15) is 0 Å². The molecule has 0 amide bonds. The number of aliphatic hydroxyl groups excluding tert-OH is 3. The molecule has 0 saturated carbocycles. The zero-order valence-electron chi connectivity index (χ0n) is 10.2. The minimum Gasteiger partial charge on any atom is -0.392 e. The topological polar surface area (TPSA) is 130 Å². The third-order valence-electron chi connectivity index (χ3n) is 3.43. The Labute approximate surface area is 118 Å². The number of nitrogen functional groups attached to an aromatic ring is 1. The molecule has 0 bridgehead atoms. The molecule has 1 aliphatic carbocycles. The quantitative estimate of drug-likeness (QED) is 0.569. The van der Waals surface area contributed by atoms with E-state index in [0.29, 0.717) is 11.2 Å². The summed E-state index contributed by atoms with van der Waals surface area (Å²) in [6, 6.07) is -0.770. The van der Waals surface area contributed by atoms with Crippen LogP contribution in [0.4, 0.5) is 5.82 Å². The Morgan fingerprint density at radius 3 is 2.70 bits per heavy atom. The standard InChI is InChI=1S/C11H12ClN5O3/c12-5-4(1-18)8(19)9(20)7(5)17-3-16-6-10(13)14-2-15-11(6)17/h2-3,7-9,18-20H,1H2,(H2,13,14,15)/t7-,8-,9+/m1/s1. The van der Waals surface area contributed by atoms with Gasteiger partial charge in [0, 0.05) is 10.6 Å². The van der Waals surface area contributed by atoms with Crippen molar-refractivity contribution in [2.45, 2.75) is 18.2 Å². The lowest BCUT2D eigenvalue weighted by molar-refractivity contribution is 0.0284. The third kappa shape index (κ3) is 1.70. The highest BCUT2D eigenvalue weighted by Gasteiger charge is 2.41. The summed E-state index contributed by atoms with van der Waals surface area (Å²) < 4.78 is 1.51. The van der Waals surface area contributed by atoms with Gasteiger partial charge in [0.15, 0.2) is 11.5 Å². The Balaban J connectivity index is 2.17. The Hall–Kier alpha value is -1.74. The van der Waals surface area contributed by atoms with Gasteiger partial charge in [0.25, 0.3) is 0 Å². The van der Waals surface area contributed by atoms with Gasteiger partial charge >= 0.3 is 0 Å². The lowest BCUT2D eigenvalue weighted by Gasteiger charge is -2.19. The van der Waals surface area contributed by atoms with E-state index in [1.54, 1.807) is 0 Å². The van der Waals surface area contributed by atoms with Crippen LogP contribution >= 0.6 is 11.6 Å². The number of hydrogen-bond donors (Lipinski definition) is 4. The van der Waals surface area contributed by atoms with Gasteiger partial charge in [-0.15, -0.1) is 0 Å². The van der Waals surface area contributed by atoms with Crippen LogP contribution in [0.1, 0.15) is 6.04 Å². The molecule has 3 rings (SSSR count). The van der Waals surface area contributed by atoms with Gasteiger partial charge < -0.3 is 25.6 Å². The first-order valence-electron chi connectivity index (χ1n) is 5.84. The number of aliphatic hydroxyl groups is 3. The molecule has 0 saturated heterocycles. The number of imidazole rings is 1. The number of anilines is 1. The Morgan fingerprint density at radius 1 is 1.30 bits per heavy atom. The number of nitrogens with zero attached hydrogens (tertiary/aromatic N) is 4. The van der Waals surface area contributed by atoms with Crippen LogP contribution < -0.4 is 5.73 Å². The van der Waals surface area contributed by atoms with E-state index in [-0.39, 0.29) is 16.4 Å². The second-order valence-electron chi connectivity index (χ2n) is 4.49. The second-order valence-corrected chi connectivity index (χ2v) is 4.90. The molecule has 0 unspecified atom stereocenters. The summed E-state index contributed by atoms with van der Waals surface area (Å²) in [5.74, 6) is 0.212. The van der Waals surface area contributed by atoms with Crippen LogP contribution in [0.25, 0.3) is 11.2 Å². The van der Waals surface area contributed by atoms with Crippen molar-refractivity contribution in [1.82, 2.24) is 19.5 Å². The summed E-state index contributed by atoms with van der Waals surface area (Å²) >= 11 is 6.14. The maximum atomic E-state index is 10.1. The highest BCUT2D eigenvalue weighted by atomic mass is 35.5. The molecule has 3 atom stereocenters. The summed E-state index contributed by atoms with van der Waals surface area (Å²) in [6.07, 6.45) is 0.268. The molecule has 0 aliphatic heterocycles. The highest BCUT2D eigenvalue weighted by molar-refractivity contribution is 6.31. The molecule has 0 spiro atoms. The minimum atomic E-state index is -1.23.